The van der Waals surface area contributed by atoms with Gasteiger partial charge in [0.25, 0.3) is 0 Å². The molecule has 0 spiro atoms. The lowest BCUT2D eigenvalue weighted by Crippen LogP contribution is -2.30. The van der Waals surface area contributed by atoms with Crippen LogP contribution in [0.5, 0.6) is 0 Å². The van der Waals surface area contributed by atoms with E-state index >= 15 is 0 Å². The van der Waals surface area contributed by atoms with Gasteiger partial charge in [0.15, 0.2) is 0 Å². The lowest BCUT2D eigenvalue weighted by molar-refractivity contribution is 0.247. The van der Waals surface area contributed by atoms with Crippen molar-refractivity contribution in [1.82, 2.24) is 19.9 Å². The van der Waals surface area contributed by atoms with E-state index in [1.54, 1.807) is 12.4 Å². The molecule has 0 amide bonds. The van der Waals surface area contributed by atoms with Gasteiger partial charge in [-0.25, -0.2) is 9.97 Å². The summed E-state index contributed by atoms with van der Waals surface area (Å²) < 4.78 is 0. The Labute approximate surface area is 145 Å². The van der Waals surface area contributed by atoms with E-state index in [0.717, 1.165) is 26.1 Å². The number of hydrogen-bond acceptors (Lipinski definition) is 6. The molecule has 0 fully saturated rings. The van der Waals surface area contributed by atoms with E-state index in [0.29, 0.717) is 12.5 Å². The monoisotopic (exact) mass is 337 g/mol. The average Bonchev–Trinajstić information content (AvgIpc) is 3.13. The van der Waals surface area contributed by atoms with Gasteiger partial charge in [0.2, 0.25) is 5.95 Å². The number of anilines is 1. The first-order valence-electron chi connectivity index (χ1n) is 8.09. The molecule has 0 aliphatic carbocycles. The minimum atomic E-state index is 0.658. The largest absolute Gasteiger partial charge is 0.350 e. The zero-order valence-electron chi connectivity index (χ0n) is 13.4. The number of nitrogens with zero attached hydrogens (tertiary/aromatic N) is 4. The number of thiophene rings is 1. The van der Waals surface area contributed by atoms with E-state index in [2.05, 4.69) is 42.7 Å². The van der Waals surface area contributed by atoms with Gasteiger partial charge in [-0.15, -0.1) is 11.3 Å². The van der Waals surface area contributed by atoms with Crippen LogP contribution in [0.25, 0.3) is 0 Å². The fraction of sp³-hybridized carbons (Fsp3) is 0.278. The fourth-order valence-electron chi connectivity index (χ4n) is 3.10. The van der Waals surface area contributed by atoms with E-state index in [9.17, 15) is 0 Å². The van der Waals surface area contributed by atoms with Crippen LogP contribution < -0.4 is 5.32 Å². The van der Waals surface area contributed by atoms with Crippen LogP contribution in [0.4, 0.5) is 5.95 Å². The lowest BCUT2D eigenvalue weighted by Gasteiger charge is -2.29. The fourth-order valence-corrected chi connectivity index (χ4v) is 3.85. The molecule has 6 heteroatoms. The third-order valence-corrected chi connectivity index (χ3v) is 5.13. The molecule has 0 radical (unpaired) electrons. The normalized spacial score (nSPS) is 14.3. The van der Waals surface area contributed by atoms with Crippen LogP contribution in [0.15, 0.2) is 48.4 Å². The Kier molecular flexibility index (Phi) is 4.49. The van der Waals surface area contributed by atoms with Crippen molar-refractivity contribution in [3.05, 3.63) is 69.9 Å². The second-order valence-electron chi connectivity index (χ2n) is 5.90. The number of hydrogen-bond donors (Lipinski definition) is 1. The minimum Gasteiger partial charge on any atom is -0.350 e. The summed E-state index contributed by atoms with van der Waals surface area (Å²) in [6.07, 6.45) is 8.53. The zero-order valence-corrected chi connectivity index (χ0v) is 14.2. The maximum absolute atomic E-state index is 4.44. The Hall–Kier alpha value is -2.31. The van der Waals surface area contributed by atoms with Crippen molar-refractivity contribution in [2.45, 2.75) is 26.1 Å². The molecule has 24 heavy (non-hydrogen) atoms. The molecule has 0 saturated heterocycles. The third-order valence-electron chi connectivity index (χ3n) is 4.27. The molecular formula is C18H19N5S. The maximum atomic E-state index is 4.44. The smallest absolute Gasteiger partial charge is 0.222 e. The SMILES string of the molecule is c1cnc(NCc2cncc3c2CCN(Cc2cccs2)C3)nc1. The molecule has 4 rings (SSSR count). The first-order valence-corrected chi connectivity index (χ1v) is 8.97. The van der Waals surface area contributed by atoms with Crippen LogP contribution in [0.1, 0.15) is 21.6 Å². The molecule has 0 unspecified atom stereocenters. The van der Waals surface area contributed by atoms with E-state index in [-0.39, 0.29) is 0 Å². The highest BCUT2D eigenvalue weighted by molar-refractivity contribution is 7.09. The molecule has 5 nitrogen and oxygen atoms in total. The molecule has 3 aromatic rings. The molecule has 0 aromatic carbocycles. The summed E-state index contributed by atoms with van der Waals surface area (Å²) in [6.45, 7) is 3.79. The highest BCUT2D eigenvalue weighted by Gasteiger charge is 2.19. The summed E-state index contributed by atoms with van der Waals surface area (Å²) in [7, 11) is 0. The number of pyridine rings is 1. The van der Waals surface area contributed by atoms with Crippen molar-refractivity contribution in [1.29, 1.82) is 0 Å². The van der Waals surface area contributed by atoms with Gasteiger partial charge in [0.05, 0.1) is 0 Å². The zero-order chi connectivity index (χ0) is 16.2. The first kappa shape index (κ1) is 15.2. The van der Waals surface area contributed by atoms with Gasteiger partial charge < -0.3 is 5.32 Å². The predicted octanol–water partition coefficient (Wildman–Crippen LogP) is 3.10. The standard InChI is InChI=1S/C18H19N5S/c1-3-16(24-8-1)13-23-7-4-17-14(9-19-10-15(17)12-23)11-22-18-20-5-2-6-21-18/h1-3,5-6,8-10H,4,7,11-13H2,(H,20,21,22). The number of aromatic nitrogens is 3. The van der Waals surface area contributed by atoms with Crippen LogP contribution in [-0.4, -0.2) is 26.4 Å². The molecule has 0 bridgehead atoms. The van der Waals surface area contributed by atoms with Crippen LogP contribution in [0, 0.1) is 0 Å². The summed E-state index contributed by atoms with van der Waals surface area (Å²) in [4.78, 5) is 16.8. The van der Waals surface area contributed by atoms with E-state index in [4.69, 9.17) is 0 Å². The van der Waals surface area contributed by atoms with Gasteiger partial charge >= 0.3 is 0 Å². The van der Waals surface area contributed by atoms with Gasteiger partial charge in [0, 0.05) is 55.8 Å². The Morgan fingerprint density at radius 3 is 2.92 bits per heavy atom. The summed E-state index contributed by atoms with van der Waals surface area (Å²) in [5.41, 5.74) is 4.01. The average molecular weight is 337 g/mol. The molecule has 4 heterocycles. The first-order chi connectivity index (χ1) is 11.9. The molecule has 1 N–H and O–H groups in total. The minimum absolute atomic E-state index is 0.658. The maximum Gasteiger partial charge on any atom is 0.222 e. The van der Waals surface area contributed by atoms with Crippen molar-refractivity contribution < 1.29 is 0 Å². The van der Waals surface area contributed by atoms with Crippen molar-refractivity contribution in [3.63, 3.8) is 0 Å². The lowest BCUT2D eigenvalue weighted by atomic mass is 9.97. The van der Waals surface area contributed by atoms with Crippen LogP contribution in [0.3, 0.4) is 0 Å². The molecule has 1 aliphatic rings. The number of rotatable bonds is 5. The molecule has 0 atom stereocenters. The Morgan fingerprint density at radius 1 is 1.17 bits per heavy atom. The number of nitrogens with one attached hydrogen (secondary N) is 1. The molecular weight excluding hydrogens is 318 g/mol. The molecule has 1 aliphatic heterocycles. The van der Waals surface area contributed by atoms with E-state index < -0.39 is 0 Å². The summed E-state index contributed by atoms with van der Waals surface area (Å²) in [5.74, 6) is 0.658. The van der Waals surface area contributed by atoms with Gasteiger partial charge in [-0.3, -0.25) is 9.88 Å². The van der Waals surface area contributed by atoms with Crippen molar-refractivity contribution in [2.24, 2.45) is 0 Å². The van der Waals surface area contributed by atoms with Crippen molar-refractivity contribution in [3.8, 4) is 0 Å². The van der Waals surface area contributed by atoms with E-state index in [1.807, 2.05) is 29.8 Å². The van der Waals surface area contributed by atoms with Crippen LogP contribution >= 0.6 is 11.3 Å². The quantitative estimate of drug-likeness (QED) is 0.775. The van der Waals surface area contributed by atoms with Gasteiger partial charge in [-0.2, -0.15) is 0 Å². The van der Waals surface area contributed by atoms with Gasteiger partial charge in [-0.1, -0.05) is 6.07 Å². The molecule has 3 aromatic heterocycles. The van der Waals surface area contributed by atoms with Crippen LogP contribution in [0.2, 0.25) is 0 Å². The summed E-state index contributed by atoms with van der Waals surface area (Å²) >= 11 is 1.83. The van der Waals surface area contributed by atoms with E-state index in [1.165, 1.54) is 21.6 Å². The van der Waals surface area contributed by atoms with Crippen LogP contribution in [-0.2, 0) is 26.1 Å². The van der Waals surface area contributed by atoms with Gasteiger partial charge in [-0.05, 0) is 40.6 Å². The van der Waals surface area contributed by atoms with Gasteiger partial charge in [0.1, 0.15) is 0 Å². The second-order valence-corrected chi connectivity index (χ2v) is 6.93. The summed E-state index contributed by atoms with van der Waals surface area (Å²) in [6, 6.07) is 6.15. The van der Waals surface area contributed by atoms with Crippen molar-refractivity contribution >= 4 is 17.3 Å². The molecule has 0 saturated carbocycles. The Bertz CT molecular complexity index is 788. The Balaban J connectivity index is 1.45. The highest BCUT2D eigenvalue weighted by Crippen LogP contribution is 2.24. The number of fused-ring (bicyclic) bond motifs is 1. The summed E-state index contributed by atoms with van der Waals surface area (Å²) in [5, 5.41) is 5.43. The second kappa shape index (κ2) is 7.07. The topological polar surface area (TPSA) is 53.9 Å². The molecule has 122 valence electrons. The third kappa shape index (κ3) is 3.44. The highest BCUT2D eigenvalue weighted by atomic mass is 32.1. The Morgan fingerprint density at radius 2 is 2.08 bits per heavy atom. The predicted molar refractivity (Wildman–Crippen MR) is 95.7 cm³/mol. The van der Waals surface area contributed by atoms with Crippen molar-refractivity contribution in [2.75, 3.05) is 11.9 Å².